The molecular formula is C18H30FN. The normalized spacial score (nSPS) is 12.8. The minimum Gasteiger partial charge on any atom is -0.310 e. The highest BCUT2D eigenvalue weighted by molar-refractivity contribution is 5.19. The molecule has 0 saturated heterocycles. The zero-order valence-corrected chi connectivity index (χ0v) is 13.3. The highest BCUT2D eigenvalue weighted by atomic mass is 19.1. The van der Waals surface area contributed by atoms with E-state index in [-0.39, 0.29) is 5.82 Å². The second-order valence-corrected chi connectivity index (χ2v) is 6.06. The first-order valence-corrected chi connectivity index (χ1v) is 8.12. The van der Waals surface area contributed by atoms with Gasteiger partial charge in [-0.1, -0.05) is 58.6 Å². The molecular weight excluding hydrogens is 249 g/mol. The molecule has 1 aromatic carbocycles. The van der Waals surface area contributed by atoms with Gasteiger partial charge in [-0.15, -0.1) is 0 Å². The Morgan fingerprint density at radius 2 is 1.65 bits per heavy atom. The first-order chi connectivity index (χ1) is 9.63. The van der Waals surface area contributed by atoms with Gasteiger partial charge in [-0.25, -0.2) is 4.39 Å². The maximum absolute atomic E-state index is 12.9. The lowest BCUT2D eigenvalue weighted by Crippen LogP contribution is -2.21. The summed E-state index contributed by atoms with van der Waals surface area (Å²) < 4.78 is 12.9. The number of rotatable bonds is 10. The van der Waals surface area contributed by atoms with Crippen molar-refractivity contribution in [1.82, 2.24) is 5.32 Å². The fourth-order valence-corrected chi connectivity index (χ4v) is 2.50. The third kappa shape index (κ3) is 7.04. The van der Waals surface area contributed by atoms with E-state index in [9.17, 15) is 4.39 Å². The third-order valence-electron chi connectivity index (χ3n) is 3.78. The van der Waals surface area contributed by atoms with Crippen molar-refractivity contribution < 1.29 is 4.39 Å². The van der Waals surface area contributed by atoms with Crippen molar-refractivity contribution in [2.45, 2.75) is 65.3 Å². The van der Waals surface area contributed by atoms with Crippen LogP contribution in [0.5, 0.6) is 0 Å². The SMILES string of the molecule is CCC(NCCCCCCC(C)C)c1ccc(F)cc1. The number of hydrogen-bond donors (Lipinski definition) is 1. The molecule has 1 N–H and O–H groups in total. The van der Waals surface area contributed by atoms with E-state index in [1.807, 2.05) is 12.1 Å². The van der Waals surface area contributed by atoms with Crippen LogP contribution in [0, 0.1) is 11.7 Å². The molecule has 0 heterocycles. The Balaban J connectivity index is 2.17. The first-order valence-electron chi connectivity index (χ1n) is 8.12. The van der Waals surface area contributed by atoms with Crippen LogP contribution in [0.4, 0.5) is 4.39 Å². The molecule has 0 aliphatic rings. The lowest BCUT2D eigenvalue weighted by atomic mass is 10.0. The van der Waals surface area contributed by atoms with Crippen molar-refractivity contribution in [3.8, 4) is 0 Å². The second kappa shape index (κ2) is 9.93. The van der Waals surface area contributed by atoms with Crippen LogP contribution >= 0.6 is 0 Å². The van der Waals surface area contributed by atoms with Crippen LogP contribution in [0.1, 0.15) is 70.9 Å². The van der Waals surface area contributed by atoms with Crippen molar-refractivity contribution >= 4 is 0 Å². The number of hydrogen-bond acceptors (Lipinski definition) is 1. The third-order valence-corrected chi connectivity index (χ3v) is 3.78. The standard InChI is InChI=1S/C18H30FN/c1-4-18(16-10-12-17(19)13-11-16)20-14-8-6-5-7-9-15(2)3/h10-13,15,18,20H,4-9,14H2,1-3H3. The van der Waals surface area contributed by atoms with Crippen LogP contribution in [0.15, 0.2) is 24.3 Å². The maximum atomic E-state index is 12.9. The zero-order chi connectivity index (χ0) is 14.8. The van der Waals surface area contributed by atoms with Gasteiger partial charge in [0.15, 0.2) is 0 Å². The zero-order valence-electron chi connectivity index (χ0n) is 13.3. The van der Waals surface area contributed by atoms with E-state index < -0.39 is 0 Å². The minimum absolute atomic E-state index is 0.159. The van der Waals surface area contributed by atoms with Crippen LogP contribution in [-0.2, 0) is 0 Å². The Kier molecular flexibility index (Phi) is 8.52. The van der Waals surface area contributed by atoms with Crippen molar-refractivity contribution in [1.29, 1.82) is 0 Å². The smallest absolute Gasteiger partial charge is 0.123 e. The molecule has 0 bridgehead atoms. The Labute approximate surface area is 124 Å². The molecule has 0 aliphatic carbocycles. The molecule has 1 nitrogen and oxygen atoms in total. The molecule has 0 aromatic heterocycles. The molecule has 0 fully saturated rings. The van der Waals surface area contributed by atoms with Gasteiger partial charge in [-0.05, 0) is 43.0 Å². The molecule has 1 unspecified atom stereocenters. The summed E-state index contributed by atoms with van der Waals surface area (Å²) >= 11 is 0. The molecule has 1 atom stereocenters. The fraction of sp³-hybridized carbons (Fsp3) is 0.667. The monoisotopic (exact) mass is 279 g/mol. The number of nitrogens with one attached hydrogen (secondary N) is 1. The summed E-state index contributed by atoms with van der Waals surface area (Å²) in [6.45, 7) is 7.80. The van der Waals surface area contributed by atoms with Gasteiger partial charge >= 0.3 is 0 Å². The van der Waals surface area contributed by atoms with E-state index in [0.29, 0.717) is 6.04 Å². The summed E-state index contributed by atoms with van der Waals surface area (Å²) in [5.74, 6) is 0.671. The van der Waals surface area contributed by atoms with Crippen molar-refractivity contribution in [2.24, 2.45) is 5.92 Å². The Hall–Kier alpha value is -0.890. The predicted molar refractivity (Wildman–Crippen MR) is 85.4 cm³/mol. The summed E-state index contributed by atoms with van der Waals surface area (Å²) in [6, 6.07) is 7.22. The molecule has 1 rings (SSSR count). The van der Waals surface area contributed by atoms with Gasteiger partial charge in [-0.3, -0.25) is 0 Å². The van der Waals surface area contributed by atoms with Crippen molar-refractivity contribution in [3.05, 3.63) is 35.6 Å². The van der Waals surface area contributed by atoms with Crippen LogP contribution in [0.25, 0.3) is 0 Å². The van der Waals surface area contributed by atoms with E-state index in [1.165, 1.54) is 37.7 Å². The lowest BCUT2D eigenvalue weighted by Gasteiger charge is -2.17. The average molecular weight is 279 g/mol. The first kappa shape index (κ1) is 17.2. The molecule has 0 saturated carbocycles. The molecule has 0 amide bonds. The lowest BCUT2D eigenvalue weighted by molar-refractivity contribution is 0.480. The quantitative estimate of drug-likeness (QED) is 0.560. The van der Waals surface area contributed by atoms with Crippen LogP contribution in [0.2, 0.25) is 0 Å². The van der Waals surface area contributed by atoms with Gasteiger partial charge < -0.3 is 5.32 Å². The average Bonchev–Trinajstić information content (AvgIpc) is 2.43. The largest absolute Gasteiger partial charge is 0.310 e. The summed E-state index contributed by atoms with van der Waals surface area (Å²) in [4.78, 5) is 0. The molecule has 0 aliphatic heterocycles. The van der Waals surface area contributed by atoms with Crippen LogP contribution in [-0.4, -0.2) is 6.54 Å². The topological polar surface area (TPSA) is 12.0 Å². The second-order valence-electron chi connectivity index (χ2n) is 6.06. The summed E-state index contributed by atoms with van der Waals surface area (Å²) in [7, 11) is 0. The molecule has 1 aromatic rings. The molecule has 114 valence electrons. The minimum atomic E-state index is -0.159. The number of benzene rings is 1. The Morgan fingerprint density at radius 3 is 2.25 bits per heavy atom. The van der Waals surface area contributed by atoms with Gasteiger partial charge in [0.25, 0.3) is 0 Å². The van der Waals surface area contributed by atoms with Crippen molar-refractivity contribution in [2.75, 3.05) is 6.54 Å². The predicted octanol–water partition coefficient (Wildman–Crippen LogP) is 5.47. The highest BCUT2D eigenvalue weighted by Crippen LogP contribution is 2.17. The van der Waals surface area contributed by atoms with Crippen LogP contribution in [0.3, 0.4) is 0 Å². The van der Waals surface area contributed by atoms with Gasteiger partial charge in [-0.2, -0.15) is 0 Å². The Bertz CT molecular complexity index is 345. The molecule has 20 heavy (non-hydrogen) atoms. The van der Waals surface area contributed by atoms with E-state index >= 15 is 0 Å². The van der Waals surface area contributed by atoms with Crippen LogP contribution < -0.4 is 5.32 Å². The molecule has 0 spiro atoms. The molecule has 2 heteroatoms. The molecule has 0 radical (unpaired) electrons. The summed E-state index contributed by atoms with van der Waals surface area (Å²) in [6.07, 6.45) is 7.62. The van der Waals surface area contributed by atoms with E-state index in [1.54, 1.807) is 12.1 Å². The van der Waals surface area contributed by atoms with Gasteiger partial charge in [0.1, 0.15) is 5.82 Å². The highest BCUT2D eigenvalue weighted by Gasteiger charge is 2.07. The Morgan fingerprint density at radius 1 is 1.00 bits per heavy atom. The summed E-state index contributed by atoms with van der Waals surface area (Å²) in [5.41, 5.74) is 1.19. The fourth-order valence-electron chi connectivity index (χ4n) is 2.50. The number of halogens is 1. The van der Waals surface area contributed by atoms with E-state index in [4.69, 9.17) is 0 Å². The van der Waals surface area contributed by atoms with Gasteiger partial charge in [0.05, 0.1) is 0 Å². The maximum Gasteiger partial charge on any atom is 0.123 e. The number of unbranched alkanes of at least 4 members (excludes halogenated alkanes) is 3. The van der Waals surface area contributed by atoms with Gasteiger partial charge in [0, 0.05) is 6.04 Å². The van der Waals surface area contributed by atoms with E-state index in [2.05, 4.69) is 26.1 Å². The summed E-state index contributed by atoms with van der Waals surface area (Å²) in [5, 5.41) is 3.58. The van der Waals surface area contributed by atoms with E-state index in [0.717, 1.165) is 18.9 Å². The van der Waals surface area contributed by atoms with Gasteiger partial charge in [0.2, 0.25) is 0 Å². The van der Waals surface area contributed by atoms with Crippen molar-refractivity contribution in [3.63, 3.8) is 0 Å².